The Kier molecular flexibility index (Phi) is 1.58. The molecule has 68 valence electrons. The number of hydrogen-bond acceptors (Lipinski definition) is 3. The highest BCUT2D eigenvalue weighted by atomic mass is 15.3. The van der Waals surface area contributed by atoms with E-state index in [4.69, 9.17) is 0 Å². The second kappa shape index (κ2) is 2.52. The van der Waals surface area contributed by atoms with Crippen LogP contribution in [0.15, 0.2) is 18.6 Å². The van der Waals surface area contributed by atoms with Crippen molar-refractivity contribution in [2.45, 2.75) is 26.2 Å². The van der Waals surface area contributed by atoms with Crippen LogP contribution in [-0.4, -0.2) is 19.8 Å². The zero-order chi connectivity index (χ0) is 9.47. The summed E-state index contributed by atoms with van der Waals surface area (Å²) in [5.74, 6) is 0. The van der Waals surface area contributed by atoms with Gasteiger partial charge in [-0.05, 0) is 6.07 Å². The maximum Gasteiger partial charge on any atom is 0.140 e. The van der Waals surface area contributed by atoms with Gasteiger partial charge >= 0.3 is 0 Å². The average Bonchev–Trinajstić information content (AvgIpc) is 2.45. The van der Waals surface area contributed by atoms with Crippen LogP contribution in [0.1, 0.15) is 26.5 Å². The molecule has 0 spiro atoms. The maximum absolute atomic E-state index is 4.40. The molecule has 0 amide bonds. The molecule has 2 aromatic heterocycles. The summed E-state index contributed by atoms with van der Waals surface area (Å²) in [5.41, 5.74) is 2.12. The van der Waals surface area contributed by atoms with E-state index < -0.39 is 0 Å². The van der Waals surface area contributed by atoms with Gasteiger partial charge in [0.2, 0.25) is 0 Å². The van der Waals surface area contributed by atoms with Crippen molar-refractivity contribution < 1.29 is 0 Å². The Morgan fingerprint density at radius 3 is 2.62 bits per heavy atom. The highest BCUT2D eigenvalue weighted by Gasteiger charge is 2.17. The van der Waals surface area contributed by atoms with Crippen molar-refractivity contribution in [3.8, 4) is 0 Å². The number of nitrogens with zero attached hydrogens (tertiary/aromatic N) is 4. The smallest absolute Gasteiger partial charge is 0.140 e. The van der Waals surface area contributed by atoms with Crippen molar-refractivity contribution in [2.24, 2.45) is 0 Å². The first kappa shape index (κ1) is 8.16. The van der Waals surface area contributed by atoms with Gasteiger partial charge in [0.1, 0.15) is 6.33 Å². The van der Waals surface area contributed by atoms with E-state index in [1.807, 2.05) is 6.07 Å². The van der Waals surface area contributed by atoms with Gasteiger partial charge in [-0.3, -0.25) is 0 Å². The molecule has 2 rings (SSSR count). The highest BCUT2D eigenvalue weighted by Crippen LogP contribution is 2.21. The zero-order valence-corrected chi connectivity index (χ0v) is 8.02. The van der Waals surface area contributed by atoms with Gasteiger partial charge in [0.05, 0.1) is 17.4 Å². The minimum absolute atomic E-state index is 0.0754. The summed E-state index contributed by atoms with van der Waals surface area (Å²) in [4.78, 5) is 0. The molecule has 0 aromatic carbocycles. The van der Waals surface area contributed by atoms with Crippen molar-refractivity contribution in [2.75, 3.05) is 0 Å². The molecule has 0 N–H and O–H groups in total. The Balaban J connectivity index is 2.63. The molecular formula is C9H12N4. The quantitative estimate of drug-likeness (QED) is 0.609. The molecule has 0 bridgehead atoms. The van der Waals surface area contributed by atoms with Crippen molar-refractivity contribution in [3.05, 3.63) is 24.3 Å². The topological polar surface area (TPSA) is 43.1 Å². The third-order valence-corrected chi connectivity index (χ3v) is 1.95. The molecular weight excluding hydrogens is 164 g/mol. The SMILES string of the molecule is CC(C)(C)c1cc2cnncn2n1. The van der Waals surface area contributed by atoms with Gasteiger partial charge in [-0.2, -0.15) is 10.2 Å². The fraction of sp³-hybridized carbons (Fsp3) is 0.444. The van der Waals surface area contributed by atoms with Gasteiger partial charge in [0.15, 0.2) is 0 Å². The van der Waals surface area contributed by atoms with Crippen LogP contribution in [0.25, 0.3) is 5.52 Å². The summed E-state index contributed by atoms with van der Waals surface area (Å²) in [7, 11) is 0. The van der Waals surface area contributed by atoms with E-state index >= 15 is 0 Å². The summed E-state index contributed by atoms with van der Waals surface area (Å²) in [6.07, 6.45) is 3.33. The van der Waals surface area contributed by atoms with Crippen molar-refractivity contribution in [3.63, 3.8) is 0 Å². The van der Waals surface area contributed by atoms with E-state index in [9.17, 15) is 0 Å². The summed E-state index contributed by atoms with van der Waals surface area (Å²) in [6, 6.07) is 2.04. The highest BCUT2D eigenvalue weighted by molar-refractivity contribution is 5.45. The number of rotatable bonds is 0. The molecule has 2 heterocycles. The normalized spacial score (nSPS) is 12.2. The summed E-state index contributed by atoms with van der Waals surface area (Å²) in [5, 5.41) is 12.0. The Labute approximate surface area is 76.6 Å². The maximum atomic E-state index is 4.40. The van der Waals surface area contributed by atoms with Crippen LogP contribution in [0, 0.1) is 0 Å². The minimum atomic E-state index is 0.0754. The lowest BCUT2D eigenvalue weighted by atomic mass is 9.92. The lowest BCUT2D eigenvalue weighted by Crippen LogP contribution is -2.11. The van der Waals surface area contributed by atoms with Gasteiger partial charge in [-0.15, -0.1) is 5.10 Å². The monoisotopic (exact) mass is 176 g/mol. The largest absolute Gasteiger partial charge is 0.219 e. The zero-order valence-electron chi connectivity index (χ0n) is 8.02. The van der Waals surface area contributed by atoms with Gasteiger partial charge in [-0.1, -0.05) is 20.8 Å². The summed E-state index contributed by atoms with van der Waals surface area (Å²) in [6.45, 7) is 6.40. The van der Waals surface area contributed by atoms with E-state index in [1.165, 1.54) is 0 Å². The molecule has 4 nitrogen and oxygen atoms in total. The average molecular weight is 176 g/mol. The second-order valence-corrected chi connectivity index (χ2v) is 4.12. The first-order chi connectivity index (χ1) is 6.07. The molecule has 0 unspecified atom stereocenters. The fourth-order valence-corrected chi connectivity index (χ4v) is 1.14. The molecule has 0 aliphatic rings. The second-order valence-electron chi connectivity index (χ2n) is 4.12. The van der Waals surface area contributed by atoms with Gasteiger partial charge in [0, 0.05) is 5.41 Å². The van der Waals surface area contributed by atoms with E-state index in [0.717, 1.165) is 11.2 Å². The Morgan fingerprint density at radius 2 is 2.00 bits per heavy atom. The van der Waals surface area contributed by atoms with Crippen LogP contribution in [-0.2, 0) is 5.41 Å². The summed E-state index contributed by atoms with van der Waals surface area (Å²) >= 11 is 0. The standard InChI is InChI=1S/C9H12N4/c1-9(2,3)8-4-7-5-10-11-6-13(7)12-8/h4-6H,1-3H3. The first-order valence-corrected chi connectivity index (χ1v) is 4.24. The Bertz CT molecular complexity index is 391. The minimum Gasteiger partial charge on any atom is -0.219 e. The predicted octanol–water partition coefficient (Wildman–Crippen LogP) is 1.42. The molecule has 0 aliphatic carbocycles. The van der Waals surface area contributed by atoms with Gasteiger partial charge in [0.25, 0.3) is 0 Å². The van der Waals surface area contributed by atoms with E-state index in [2.05, 4.69) is 36.1 Å². The van der Waals surface area contributed by atoms with Gasteiger partial charge in [-0.25, -0.2) is 4.52 Å². The predicted molar refractivity (Wildman–Crippen MR) is 49.5 cm³/mol. The van der Waals surface area contributed by atoms with Crippen molar-refractivity contribution in [1.82, 2.24) is 19.8 Å². The van der Waals surface area contributed by atoms with Crippen molar-refractivity contribution >= 4 is 5.52 Å². The van der Waals surface area contributed by atoms with E-state index in [1.54, 1.807) is 17.0 Å². The third-order valence-electron chi connectivity index (χ3n) is 1.95. The molecule has 0 saturated heterocycles. The van der Waals surface area contributed by atoms with Crippen LogP contribution in [0.4, 0.5) is 0 Å². The van der Waals surface area contributed by atoms with E-state index in [0.29, 0.717) is 0 Å². The Morgan fingerprint density at radius 1 is 1.23 bits per heavy atom. The van der Waals surface area contributed by atoms with Crippen LogP contribution in [0.3, 0.4) is 0 Å². The molecule has 13 heavy (non-hydrogen) atoms. The lowest BCUT2D eigenvalue weighted by molar-refractivity contribution is 0.562. The molecule has 0 fully saturated rings. The molecule has 0 radical (unpaired) electrons. The third kappa shape index (κ3) is 1.39. The van der Waals surface area contributed by atoms with Crippen LogP contribution >= 0.6 is 0 Å². The molecule has 4 heteroatoms. The molecule has 0 aliphatic heterocycles. The Hall–Kier alpha value is -1.45. The lowest BCUT2D eigenvalue weighted by Gasteiger charge is -2.13. The van der Waals surface area contributed by atoms with Crippen LogP contribution in [0.2, 0.25) is 0 Å². The van der Waals surface area contributed by atoms with Crippen molar-refractivity contribution in [1.29, 1.82) is 0 Å². The molecule has 0 saturated carbocycles. The first-order valence-electron chi connectivity index (χ1n) is 4.24. The van der Waals surface area contributed by atoms with Crippen LogP contribution in [0.5, 0.6) is 0 Å². The molecule has 0 atom stereocenters. The summed E-state index contributed by atoms with van der Waals surface area (Å²) < 4.78 is 1.74. The fourth-order valence-electron chi connectivity index (χ4n) is 1.14. The van der Waals surface area contributed by atoms with E-state index in [-0.39, 0.29) is 5.41 Å². The van der Waals surface area contributed by atoms with Gasteiger partial charge < -0.3 is 0 Å². The number of hydrogen-bond donors (Lipinski definition) is 0. The van der Waals surface area contributed by atoms with Crippen LogP contribution < -0.4 is 0 Å². The molecule has 2 aromatic rings. The number of fused-ring (bicyclic) bond motifs is 1. The number of aromatic nitrogens is 4.